The van der Waals surface area contributed by atoms with Gasteiger partial charge in [0, 0.05) is 18.1 Å². The van der Waals surface area contributed by atoms with Crippen molar-refractivity contribution in [1.29, 1.82) is 0 Å². The number of rotatable bonds is 4. The molecule has 7 heteroatoms. The molecule has 24 heavy (non-hydrogen) atoms. The number of carbonyl (C=O) groups excluding carboxylic acids is 1. The summed E-state index contributed by atoms with van der Waals surface area (Å²) in [7, 11) is 0. The summed E-state index contributed by atoms with van der Waals surface area (Å²) in [6.07, 6.45) is 0.288. The quantitative estimate of drug-likeness (QED) is 0.848. The van der Waals surface area contributed by atoms with E-state index < -0.39 is 0 Å². The van der Waals surface area contributed by atoms with Crippen LogP contribution < -0.4 is 0 Å². The maximum Gasteiger partial charge on any atom is 0.227 e. The first-order valence-corrected chi connectivity index (χ1v) is 8.41. The molecule has 6 nitrogen and oxygen atoms in total. The number of hydrogen-bond donors (Lipinski definition) is 0. The molecular formula is C17H21ClN4O2. The number of hydrogen-bond acceptors (Lipinski definition) is 4. The van der Waals surface area contributed by atoms with Gasteiger partial charge in [0.25, 0.3) is 0 Å². The minimum absolute atomic E-state index is 0.0677. The van der Waals surface area contributed by atoms with Gasteiger partial charge < -0.3 is 9.64 Å². The van der Waals surface area contributed by atoms with Gasteiger partial charge in [-0.25, -0.2) is 9.67 Å². The summed E-state index contributed by atoms with van der Waals surface area (Å²) in [5, 5.41) is 5.01. The molecule has 0 spiro atoms. The van der Waals surface area contributed by atoms with Crippen LogP contribution in [0.1, 0.15) is 17.2 Å². The third-order valence-corrected chi connectivity index (χ3v) is 4.31. The zero-order chi connectivity index (χ0) is 17.1. The highest BCUT2D eigenvalue weighted by atomic mass is 35.5. The molecule has 0 saturated carbocycles. The van der Waals surface area contributed by atoms with Crippen molar-refractivity contribution >= 4 is 17.5 Å². The van der Waals surface area contributed by atoms with Crippen LogP contribution in [0.5, 0.6) is 0 Å². The predicted molar refractivity (Wildman–Crippen MR) is 91.0 cm³/mol. The van der Waals surface area contributed by atoms with Crippen LogP contribution in [0, 0.1) is 13.8 Å². The zero-order valence-electron chi connectivity index (χ0n) is 13.9. The molecule has 1 amide bonds. The Kier molecular flexibility index (Phi) is 5.16. The number of halogens is 1. The second-order valence-corrected chi connectivity index (χ2v) is 6.46. The maximum absolute atomic E-state index is 12.5. The molecule has 0 N–H and O–H groups in total. The lowest BCUT2D eigenvalue weighted by atomic mass is 10.1. The van der Waals surface area contributed by atoms with Crippen LogP contribution in [0.2, 0.25) is 5.02 Å². The normalized spacial score (nSPS) is 18.0. The Labute approximate surface area is 146 Å². The van der Waals surface area contributed by atoms with E-state index in [9.17, 15) is 4.79 Å². The smallest absolute Gasteiger partial charge is 0.227 e. The molecule has 2 aromatic rings. The molecule has 1 aromatic heterocycles. The average molecular weight is 349 g/mol. The summed E-state index contributed by atoms with van der Waals surface area (Å²) >= 11 is 5.98. The van der Waals surface area contributed by atoms with E-state index in [1.54, 1.807) is 0 Å². The monoisotopic (exact) mass is 348 g/mol. The van der Waals surface area contributed by atoms with Crippen molar-refractivity contribution in [3.05, 3.63) is 46.5 Å². The van der Waals surface area contributed by atoms with Crippen LogP contribution in [0.25, 0.3) is 0 Å². The van der Waals surface area contributed by atoms with Crippen molar-refractivity contribution in [2.24, 2.45) is 0 Å². The highest BCUT2D eigenvalue weighted by Crippen LogP contribution is 2.14. The number of aromatic nitrogens is 3. The fraction of sp³-hybridized carbons (Fsp3) is 0.471. The van der Waals surface area contributed by atoms with Crippen molar-refractivity contribution in [1.82, 2.24) is 19.7 Å². The van der Waals surface area contributed by atoms with Crippen LogP contribution in [0.4, 0.5) is 0 Å². The first-order chi connectivity index (χ1) is 11.5. The molecule has 1 aromatic carbocycles. The van der Waals surface area contributed by atoms with Crippen LogP contribution in [0.3, 0.4) is 0 Å². The van der Waals surface area contributed by atoms with Gasteiger partial charge in [-0.3, -0.25) is 4.79 Å². The van der Waals surface area contributed by atoms with Crippen LogP contribution in [-0.2, 0) is 22.5 Å². The molecule has 128 valence electrons. The standard InChI is InChI=1S/C17H21ClN4O2/c1-12-19-13(2)22(20-12)11-16-10-21(6-7-24-16)17(23)9-14-4-3-5-15(18)8-14/h3-5,8,16H,6-7,9-11H2,1-2H3/t16-/m1/s1. The van der Waals surface area contributed by atoms with Gasteiger partial charge in [0.1, 0.15) is 11.6 Å². The van der Waals surface area contributed by atoms with Crippen LogP contribution >= 0.6 is 11.6 Å². The highest BCUT2D eigenvalue weighted by molar-refractivity contribution is 6.30. The van der Waals surface area contributed by atoms with E-state index in [1.165, 1.54) is 0 Å². The molecule has 2 heterocycles. The Bertz CT molecular complexity index is 731. The van der Waals surface area contributed by atoms with E-state index in [0.29, 0.717) is 37.7 Å². The van der Waals surface area contributed by atoms with Gasteiger partial charge in [-0.15, -0.1) is 0 Å². The number of benzene rings is 1. The van der Waals surface area contributed by atoms with Gasteiger partial charge >= 0.3 is 0 Å². The third kappa shape index (κ3) is 4.13. The molecule has 3 rings (SSSR count). The fourth-order valence-corrected chi connectivity index (χ4v) is 3.13. The SMILES string of the molecule is Cc1nc(C)n(C[C@H]2CN(C(=O)Cc3cccc(Cl)c3)CCO2)n1. The second kappa shape index (κ2) is 7.32. The summed E-state index contributed by atoms with van der Waals surface area (Å²) < 4.78 is 7.63. The predicted octanol–water partition coefficient (Wildman–Crippen LogP) is 2.02. The van der Waals surface area contributed by atoms with Gasteiger partial charge in [0.2, 0.25) is 5.91 Å². The summed E-state index contributed by atoms with van der Waals surface area (Å²) in [4.78, 5) is 18.7. The Hall–Kier alpha value is -1.92. The van der Waals surface area contributed by atoms with E-state index in [0.717, 1.165) is 17.2 Å². The summed E-state index contributed by atoms with van der Waals surface area (Å²) in [5.41, 5.74) is 0.929. The highest BCUT2D eigenvalue weighted by Gasteiger charge is 2.25. The van der Waals surface area contributed by atoms with Crippen LogP contribution in [0.15, 0.2) is 24.3 Å². The molecule has 1 fully saturated rings. The molecule has 0 radical (unpaired) electrons. The van der Waals surface area contributed by atoms with Gasteiger partial charge in [-0.2, -0.15) is 5.10 Å². The fourth-order valence-electron chi connectivity index (χ4n) is 2.92. The van der Waals surface area contributed by atoms with E-state index in [1.807, 2.05) is 47.7 Å². The van der Waals surface area contributed by atoms with Crippen molar-refractivity contribution in [2.75, 3.05) is 19.7 Å². The van der Waals surface area contributed by atoms with Crippen molar-refractivity contribution in [3.63, 3.8) is 0 Å². The van der Waals surface area contributed by atoms with E-state index >= 15 is 0 Å². The minimum Gasteiger partial charge on any atom is -0.373 e. The van der Waals surface area contributed by atoms with Crippen molar-refractivity contribution < 1.29 is 9.53 Å². The average Bonchev–Trinajstić information content (AvgIpc) is 2.85. The number of amides is 1. The van der Waals surface area contributed by atoms with Gasteiger partial charge in [-0.1, -0.05) is 23.7 Å². The lowest BCUT2D eigenvalue weighted by Crippen LogP contribution is -2.47. The third-order valence-electron chi connectivity index (χ3n) is 4.08. The Balaban J connectivity index is 1.60. The first-order valence-electron chi connectivity index (χ1n) is 8.03. The van der Waals surface area contributed by atoms with Crippen molar-refractivity contribution in [3.8, 4) is 0 Å². The molecule has 1 saturated heterocycles. The molecule has 1 atom stereocenters. The van der Waals surface area contributed by atoms with Gasteiger partial charge in [0.05, 0.1) is 25.7 Å². The first kappa shape index (κ1) is 16.9. The zero-order valence-corrected chi connectivity index (χ0v) is 14.7. The van der Waals surface area contributed by atoms with Gasteiger partial charge in [-0.05, 0) is 31.5 Å². The second-order valence-electron chi connectivity index (χ2n) is 6.03. The summed E-state index contributed by atoms with van der Waals surface area (Å²) in [5.74, 6) is 1.70. The van der Waals surface area contributed by atoms with Crippen LogP contribution in [-0.4, -0.2) is 51.4 Å². The Morgan fingerprint density at radius 1 is 1.42 bits per heavy atom. The van der Waals surface area contributed by atoms with E-state index in [4.69, 9.17) is 16.3 Å². The summed E-state index contributed by atoms with van der Waals surface area (Å²) in [6, 6.07) is 7.42. The molecular weight excluding hydrogens is 328 g/mol. The van der Waals surface area contributed by atoms with E-state index in [-0.39, 0.29) is 12.0 Å². The summed E-state index contributed by atoms with van der Waals surface area (Å²) in [6.45, 7) is 6.12. The number of ether oxygens (including phenoxy) is 1. The maximum atomic E-state index is 12.5. The topological polar surface area (TPSA) is 60.2 Å². The van der Waals surface area contributed by atoms with Gasteiger partial charge in [0.15, 0.2) is 0 Å². The molecule has 0 aliphatic carbocycles. The Morgan fingerprint density at radius 2 is 2.25 bits per heavy atom. The molecule has 0 unspecified atom stereocenters. The molecule has 0 bridgehead atoms. The molecule has 1 aliphatic rings. The Morgan fingerprint density at radius 3 is 2.96 bits per heavy atom. The lowest BCUT2D eigenvalue weighted by Gasteiger charge is -2.33. The lowest BCUT2D eigenvalue weighted by molar-refractivity contribution is -0.138. The van der Waals surface area contributed by atoms with E-state index in [2.05, 4.69) is 10.1 Å². The number of nitrogens with zero attached hydrogens (tertiary/aromatic N) is 4. The number of morpholine rings is 1. The number of carbonyl (C=O) groups is 1. The largest absolute Gasteiger partial charge is 0.373 e. The minimum atomic E-state index is -0.0677. The molecule has 1 aliphatic heterocycles. The number of aryl methyl sites for hydroxylation is 2. The van der Waals surface area contributed by atoms with Crippen molar-refractivity contribution in [2.45, 2.75) is 32.9 Å².